The van der Waals surface area contributed by atoms with Crippen molar-refractivity contribution in [3.05, 3.63) is 102 Å². The van der Waals surface area contributed by atoms with E-state index < -0.39 is 0 Å². The molecule has 3 aromatic carbocycles. The van der Waals surface area contributed by atoms with E-state index in [1.54, 1.807) is 19.2 Å². The number of nitrogens with one attached hydrogen (secondary N) is 2. The fourth-order valence-corrected chi connectivity index (χ4v) is 3.60. The topological polar surface area (TPSA) is 54.1 Å². The summed E-state index contributed by atoms with van der Waals surface area (Å²) in [5.74, 6) is 0.470. The minimum Gasteiger partial charge on any atom is -0.496 e. The van der Waals surface area contributed by atoms with Gasteiger partial charge in [-0.1, -0.05) is 60.7 Å². The highest BCUT2D eigenvalue weighted by Crippen LogP contribution is 2.30. The molecule has 0 saturated carbocycles. The summed E-state index contributed by atoms with van der Waals surface area (Å²) in [5.41, 5.74) is 3.96. The van der Waals surface area contributed by atoms with Crippen molar-refractivity contribution >= 4 is 16.8 Å². The molecule has 2 N–H and O–H groups in total. The fourth-order valence-electron chi connectivity index (χ4n) is 3.60. The predicted octanol–water partition coefficient (Wildman–Crippen LogP) is 4.74. The van der Waals surface area contributed by atoms with E-state index in [9.17, 15) is 4.79 Å². The third kappa shape index (κ3) is 3.49. The van der Waals surface area contributed by atoms with Crippen molar-refractivity contribution < 1.29 is 9.53 Å². The lowest BCUT2D eigenvalue weighted by Crippen LogP contribution is -2.29. The lowest BCUT2D eigenvalue weighted by atomic mass is 9.91. The molecule has 28 heavy (non-hydrogen) atoms. The highest BCUT2D eigenvalue weighted by atomic mass is 16.5. The summed E-state index contributed by atoms with van der Waals surface area (Å²) in [4.78, 5) is 16.1. The first-order valence-electron chi connectivity index (χ1n) is 9.30. The number of aromatic amines is 1. The van der Waals surface area contributed by atoms with Crippen LogP contribution in [-0.4, -0.2) is 24.5 Å². The standard InChI is InChI=1S/C24H22N2O2/c1-28-23-14-8-6-12-19(23)24(27)26-15-20(17-9-3-2-4-10-17)21-16-25-22-13-7-5-11-18(21)22/h2-14,16,20,25H,15H2,1H3,(H,26,27). The SMILES string of the molecule is COc1ccccc1C(=O)NCC(c1ccccc1)c1c[nH]c2ccccc12. The number of ether oxygens (including phenoxy) is 1. The maximum absolute atomic E-state index is 12.8. The highest BCUT2D eigenvalue weighted by molar-refractivity contribution is 5.97. The molecule has 0 fully saturated rings. The molecule has 0 spiro atoms. The van der Waals surface area contributed by atoms with E-state index in [1.165, 1.54) is 10.9 Å². The van der Waals surface area contributed by atoms with Gasteiger partial charge in [0.05, 0.1) is 12.7 Å². The van der Waals surface area contributed by atoms with E-state index in [-0.39, 0.29) is 11.8 Å². The molecule has 0 aliphatic carbocycles. The molecule has 1 atom stereocenters. The van der Waals surface area contributed by atoms with Gasteiger partial charge in [0.25, 0.3) is 5.91 Å². The number of carbonyl (C=O) groups excluding carboxylic acids is 1. The molecule has 0 aliphatic heterocycles. The van der Waals surface area contributed by atoms with Gasteiger partial charge in [-0.25, -0.2) is 0 Å². The van der Waals surface area contributed by atoms with Crippen LogP contribution in [0.1, 0.15) is 27.4 Å². The first kappa shape index (κ1) is 17.9. The number of rotatable bonds is 6. The first-order chi connectivity index (χ1) is 13.8. The Labute approximate surface area is 164 Å². The number of methoxy groups -OCH3 is 1. The predicted molar refractivity (Wildman–Crippen MR) is 112 cm³/mol. The number of para-hydroxylation sites is 2. The Hall–Kier alpha value is -3.53. The average molecular weight is 370 g/mol. The molecule has 0 bridgehead atoms. The number of H-pyrrole nitrogens is 1. The van der Waals surface area contributed by atoms with Crippen LogP contribution in [0.2, 0.25) is 0 Å². The monoisotopic (exact) mass is 370 g/mol. The lowest BCUT2D eigenvalue weighted by Gasteiger charge is -2.18. The van der Waals surface area contributed by atoms with Crippen LogP contribution in [0.25, 0.3) is 10.9 Å². The van der Waals surface area contributed by atoms with Gasteiger partial charge in [-0.2, -0.15) is 0 Å². The van der Waals surface area contributed by atoms with Crippen molar-refractivity contribution in [1.29, 1.82) is 0 Å². The number of hydrogen-bond donors (Lipinski definition) is 2. The quantitative estimate of drug-likeness (QED) is 0.515. The summed E-state index contributed by atoms with van der Waals surface area (Å²) in [6.07, 6.45) is 2.04. The molecule has 0 aliphatic rings. The van der Waals surface area contributed by atoms with E-state index in [0.717, 1.165) is 11.1 Å². The van der Waals surface area contributed by atoms with Gasteiger partial charge in [0.1, 0.15) is 5.75 Å². The van der Waals surface area contributed by atoms with E-state index in [2.05, 4.69) is 34.6 Å². The third-order valence-corrected chi connectivity index (χ3v) is 5.02. The normalized spacial score (nSPS) is 11.9. The summed E-state index contributed by atoms with van der Waals surface area (Å²) < 4.78 is 5.32. The fraction of sp³-hybridized carbons (Fsp3) is 0.125. The maximum atomic E-state index is 12.8. The molecule has 1 unspecified atom stereocenters. The molecule has 1 heterocycles. The molecule has 1 aromatic heterocycles. The van der Waals surface area contributed by atoms with Crippen LogP contribution >= 0.6 is 0 Å². The summed E-state index contributed by atoms with van der Waals surface area (Å²) >= 11 is 0. The molecule has 4 heteroatoms. The number of fused-ring (bicyclic) bond motifs is 1. The average Bonchev–Trinajstić information content (AvgIpc) is 3.18. The van der Waals surface area contributed by atoms with Crippen LogP contribution < -0.4 is 10.1 Å². The second-order valence-electron chi connectivity index (χ2n) is 6.66. The number of amides is 1. The number of benzene rings is 3. The van der Waals surface area contributed by atoms with Crippen molar-refractivity contribution in [2.45, 2.75) is 5.92 Å². The lowest BCUT2D eigenvalue weighted by molar-refractivity contribution is 0.0949. The Kier molecular flexibility index (Phi) is 5.11. The zero-order valence-corrected chi connectivity index (χ0v) is 15.7. The molecular weight excluding hydrogens is 348 g/mol. The third-order valence-electron chi connectivity index (χ3n) is 5.02. The molecule has 1 amide bonds. The van der Waals surface area contributed by atoms with Crippen molar-refractivity contribution in [2.75, 3.05) is 13.7 Å². The van der Waals surface area contributed by atoms with Gasteiger partial charge in [-0.05, 0) is 29.3 Å². The van der Waals surface area contributed by atoms with Gasteiger partial charge in [-0.3, -0.25) is 4.79 Å². The van der Waals surface area contributed by atoms with Gasteiger partial charge >= 0.3 is 0 Å². The smallest absolute Gasteiger partial charge is 0.255 e. The molecular formula is C24H22N2O2. The molecule has 140 valence electrons. The van der Waals surface area contributed by atoms with Gasteiger partial charge in [0.15, 0.2) is 0 Å². The minimum absolute atomic E-state index is 0.0380. The van der Waals surface area contributed by atoms with E-state index >= 15 is 0 Å². The molecule has 4 rings (SSSR count). The van der Waals surface area contributed by atoms with E-state index in [1.807, 2.05) is 48.7 Å². The highest BCUT2D eigenvalue weighted by Gasteiger charge is 2.20. The Morgan fingerprint density at radius 3 is 2.50 bits per heavy atom. The summed E-state index contributed by atoms with van der Waals surface area (Å²) in [7, 11) is 1.57. The van der Waals surface area contributed by atoms with Crippen molar-refractivity contribution in [3.8, 4) is 5.75 Å². The number of carbonyl (C=O) groups is 1. The van der Waals surface area contributed by atoms with Crippen molar-refractivity contribution in [3.63, 3.8) is 0 Å². The number of aromatic nitrogens is 1. The molecule has 0 saturated heterocycles. The minimum atomic E-state index is -0.141. The Morgan fingerprint density at radius 2 is 1.68 bits per heavy atom. The van der Waals surface area contributed by atoms with Crippen molar-refractivity contribution in [1.82, 2.24) is 10.3 Å². The Morgan fingerprint density at radius 1 is 0.964 bits per heavy atom. The first-order valence-corrected chi connectivity index (χ1v) is 9.30. The zero-order chi connectivity index (χ0) is 19.3. The molecule has 0 radical (unpaired) electrons. The van der Waals surface area contributed by atoms with Gasteiger partial charge in [0, 0.05) is 29.6 Å². The summed E-state index contributed by atoms with van der Waals surface area (Å²) in [6.45, 7) is 0.489. The molecule has 4 nitrogen and oxygen atoms in total. The van der Waals surface area contributed by atoms with Crippen LogP contribution in [0.4, 0.5) is 0 Å². The van der Waals surface area contributed by atoms with E-state index in [4.69, 9.17) is 4.74 Å². The van der Waals surface area contributed by atoms with Crippen LogP contribution in [-0.2, 0) is 0 Å². The number of hydrogen-bond acceptors (Lipinski definition) is 2. The largest absolute Gasteiger partial charge is 0.496 e. The second kappa shape index (κ2) is 8.01. The zero-order valence-electron chi connectivity index (χ0n) is 15.7. The summed E-state index contributed by atoms with van der Waals surface area (Å²) in [6, 6.07) is 25.7. The van der Waals surface area contributed by atoms with Gasteiger partial charge in [0.2, 0.25) is 0 Å². The van der Waals surface area contributed by atoms with Gasteiger partial charge in [-0.15, -0.1) is 0 Å². The van der Waals surface area contributed by atoms with E-state index in [0.29, 0.717) is 17.9 Å². The van der Waals surface area contributed by atoms with Crippen molar-refractivity contribution in [2.24, 2.45) is 0 Å². The van der Waals surface area contributed by atoms with Crippen LogP contribution in [0.3, 0.4) is 0 Å². The Balaban J connectivity index is 1.65. The van der Waals surface area contributed by atoms with Crippen LogP contribution in [0, 0.1) is 0 Å². The summed E-state index contributed by atoms with van der Waals surface area (Å²) in [5, 5.41) is 4.26. The van der Waals surface area contributed by atoms with Crippen LogP contribution in [0.5, 0.6) is 5.75 Å². The second-order valence-corrected chi connectivity index (χ2v) is 6.66. The maximum Gasteiger partial charge on any atom is 0.255 e. The molecule has 4 aromatic rings. The Bertz CT molecular complexity index is 1090. The van der Waals surface area contributed by atoms with Gasteiger partial charge < -0.3 is 15.0 Å². The van der Waals surface area contributed by atoms with Crippen LogP contribution in [0.15, 0.2) is 85.1 Å².